The predicted octanol–water partition coefficient (Wildman–Crippen LogP) is 1.43. The summed E-state index contributed by atoms with van der Waals surface area (Å²) in [5.74, 6) is -0.361. The molecule has 0 aliphatic rings. The number of hydrogen-bond acceptors (Lipinski definition) is 4. The molecule has 1 N–H and O–H groups in total. The highest BCUT2D eigenvalue weighted by Crippen LogP contribution is 2.10. The lowest BCUT2D eigenvalue weighted by Gasteiger charge is -2.09. The average Bonchev–Trinajstić information content (AvgIpc) is 3.07. The summed E-state index contributed by atoms with van der Waals surface area (Å²) in [4.78, 5) is 28.9. The van der Waals surface area contributed by atoms with Gasteiger partial charge in [0.25, 0.3) is 11.5 Å². The second-order valence-electron chi connectivity index (χ2n) is 4.96. The molecule has 0 spiro atoms. The van der Waals surface area contributed by atoms with E-state index in [4.69, 9.17) is 0 Å². The molecule has 23 heavy (non-hydrogen) atoms. The number of nitrogens with one attached hydrogen (secondary N) is 1. The van der Waals surface area contributed by atoms with Gasteiger partial charge in [0.15, 0.2) is 5.65 Å². The van der Waals surface area contributed by atoms with Gasteiger partial charge in [-0.3, -0.25) is 15.0 Å². The lowest BCUT2D eigenvalue weighted by Crippen LogP contribution is -2.32. The number of pyridine rings is 1. The van der Waals surface area contributed by atoms with Crippen molar-refractivity contribution in [2.75, 3.05) is 5.43 Å². The van der Waals surface area contributed by atoms with Crippen LogP contribution >= 0.6 is 0 Å². The van der Waals surface area contributed by atoms with Crippen molar-refractivity contribution in [3.63, 3.8) is 0 Å². The lowest BCUT2D eigenvalue weighted by molar-refractivity contribution is 0.101. The Labute approximate surface area is 129 Å². The second kappa shape index (κ2) is 5.06. The van der Waals surface area contributed by atoms with E-state index in [1.165, 1.54) is 12.4 Å². The normalized spacial score (nSPS) is 11.0. The molecule has 112 valence electrons. The highest BCUT2D eigenvalue weighted by molar-refractivity contribution is 6.00. The standard InChI is InChI=1S/C16H11N5O2/c22-15(11-4-2-1-3-5-11)19-20-9-7-13-12(16(20)23)10-17-14-6-8-18-21(13)14/h1-10H,(H,19,22). The number of nitrogens with zero attached hydrogens (tertiary/aromatic N) is 4. The summed E-state index contributed by atoms with van der Waals surface area (Å²) in [6, 6.07) is 12.2. The van der Waals surface area contributed by atoms with Crippen LogP contribution in [0.2, 0.25) is 0 Å². The van der Waals surface area contributed by atoms with Crippen LogP contribution in [-0.4, -0.2) is 25.2 Å². The molecule has 0 saturated heterocycles. The van der Waals surface area contributed by atoms with Gasteiger partial charge in [0.05, 0.1) is 17.1 Å². The molecular formula is C16H11N5O2. The fourth-order valence-corrected chi connectivity index (χ4v) is 2.41. The van der Waals surface area contributed by atoms with Crippen molar-refractivity contribution >= 4 is 22.5 Å². The van der Waals surface area contributed by atoms with Crippen LogP contribution < -0.4 is 11.0 Å². The molecule has 1 aromatic carbocycles. The molecule has 4 aromatic rings. The Morgan fingerprint density at radius 3 is 2.74 bits per heavy atom. The van der Waals surface area contributed by atoms with Gasteiger partial charge in [0.1, 0.15) is 0 Å². The third-order valence-corrected chi connectivity index (χ3v) is 3.54. The zero-order chi connectivity index (χ0) is 15.8. The molecule has 0 saturated carbocycles. The monoisotopic (exact) mass is 305 g/mol. The number of rotatable bonds is 2. The first-order chi connectivity index (χ1) is 11.2. The van der Waals surface area contributed by atoms with Crippen LogP contribution in [0.3, 0.4) is 0 Å². The summed E-state index contributed by atoms with van der Waals surface area (Å²) in [7, 11) is 0. The smallest absolute Gasteiger partial charge is 0.267 e. The SMILES string of the molecule is O=C(Nn1ccc2c(cnc3ccnn32)c1=O)c1ccccc1. The van der Waals surface area contributed by atoms with Crippen LogP contribution in [0.25, 0.3) is 16.6 Å². The Morgan fingerprint density at radius 1 is 1.09 bits per heavy atom. The van der Waals surface area contributed by atoms with Crippen molar-refractivity contribution < 1.29 is 4.79 Å². The Kier molecular flexibility index (Phi) is 2.90. The molecule has 1 amide bonds. The van der Waals surface area contributed by atoms with Crippen molar-refractivity contribution in [2.45, 2.75) is 0 Å². The number of hydrogen-bond donors (Lipinski definition) is 1. The minimum Gasteiger partial charge on any atom is -0.267 e. The molecular weight excluding hydrogens is 294 g/mol. The summed E-state index contributed by atoms with van der Waals surface area (Å²) in [5.41, 5.74) is 3.97. The van der Waals surface area contributed by atoms with Gasteiger partial charge in [-0.2, -0.15) is 5.10 Å². The highest BCUT2D eigenvalue weighted by Gasteiger charge is 2.10. The molecule has 7 nitrogen and oxygen atoms in total. The molecule has 0 atom stereocenters. The largest absolute Gasteiger partial charge is 0.280 e. The number of amides is 1. The van der Waals surface area contributed by atoms with Crippen LogP contribution in [0.4, 0.5) is 0 Å². The summed E-state index contributed by atoms with van der Waals surface area (Å²) in [5, 5.41) is 4.52. The van der Waals surface area contributed by atoms with E-state index in [-0.39, 0.29) is 11.5 Å². The van der Waals surface area contributed by atoms with Crippen LogP contribution in [0.5, 0.6) is 0 Å². The zero-order valence-corrected chi connectivity index (χ0v) is 11.9. The number of carbonyl (C=O) groups is 1. The van der Waals surface area contributed by atoms with Gasteiger partial charge < -0.3 is 0 Å². The van der Waals surface area contributed by atoms with Crippen molar-refractivity contribution in [1.29, 1.82) is 0 Å². The number of aromatic nitrogens is 4. The third kappa shape index (κ3) is 2.15. The van der Waals surface area contributed by atoms with E-state index < -0.39 is 0 Å². The minimum atomic E-state index is -0.364. The first-order valence-electron chi connectivity index (χ1n) is 6.94. The van der Waals surface area contributed by atoms with E-state index in [9.17, 15) is 9.59 Å². The Balaban J connectivity index is 1.79. The molecule has 3 aromatic heterocycles. The van der Waals surface area contributed by atoms with Gasteiger partial charge in [-0.05, 0) is 18.2 Å². The first kappa shape index (κ1) is 13.2. The lowest BCUT2D eigenvalue weighted by atomic mass is 10.2. The fourth-order valence-electron chi connectivity index (χ4n) is 2.41. The number of carbonyl (C=O) groups excluding carboxylic acids is 1. The molecule has 0 radical (unpaired) electrons. The maximum atomic E-state index is 12.5. The van der Waals surface area contributed by atoms with Crippen molar-refractivity contribution in [3.05, 3.63) is 77.0 Å². The van der Waals surface area contributed by atoms with E-state index in [1.807, 2.05) is 6.07 Å². The van der Waals surface area contributed by atoms with Crippen LogP contribution in [0, 0.1) is 0 Å². The van der Waals surface area contributed by atoms with Gasteiger partial charge in [-0.15, -0.1) is 0 Å². The van der Waals surface area contributed by atoms with Crippen LogP contribution in [0.15, 0.2) is 65.8 Å². The van der Waals surface area contributed by atoms with Crippen LogP contribution in [0.1, 0.15) is 10.4 Å². The van der Waals surface area contributed by atoms with Gasteiger partial charge in [0.2, 0.25) is 0 Å². The van der Waals surface area contributed by atoms with E-state index in [0.717, 1.165) is 4.68 Å². The Hall–Kier alpha value is -3.48. The van der Waals surface area contributed by atoms with Gasteiger partial charge in [-0.1, -0.05) is 18.2 Å². The third-order valence-electron chi connectivity index (χ3n) is 3.54. The van der Waals surface area contributed by atoms with E-state index in [1.54, 1.807) is 47.1 Å². The van der Waals surface area contributed by atoms with Crippen molar-refractivity contribution in [2.24, 2.45) is 0 Å². The second-order valence-corrected chi connectivity index (χ2v) is 4.96. The van der Waals surface area contributed by atoms with Crippen LogP contribution in [-0.2, 0) is 0 Å². The number of benzene rings is 1. The van der Waals surface area contributed by atoms with E-state index >= 15 is 0 Å². The summed E-state index contributed by atoms with van der Waals surface area (Å²) < 4.78 is 2.73. The highest BCUT2D eigenvalue weighted by atomic mass is 16.2. The topological polar surface area (TPSA) is 81.3 Å². The molecule has 4 rings (SSSR count). The molecule has 0 aliphatic carbocycles. The van der Waals surface area contributed by atoms with Gasteiger partial charge in [0, 0.05) is 24.0 Å². The van der Waals surface area contributed by atoms with Crippen molar-refractivity contribution in [1.82, 2.24) is 19.3 Å². The maximum Gasteiger partial charge on any atom is 0.280 e. The minimum absolute atomic E-state index is 0.361. The number of fused-ring (bicyclic) bond motifs is 3. The molecule has 0 fully saturated rings. The fraction of sp³-hybridized carbons (Fsp3) is 0. The van der Waals surface area contributed by atoms with Gasteiger partial charge >= 0.3 is 0 Å². The van der Waals surface area contributed by atoms with E-state index in [0.29, 0.717) is 22.1 Å². The molecule has 3 heterocycles. The average molecular weight is 305 g/mol. The molecule has 0 aliphatic heterocycles. The summed E-state index contributed by atoms with van der Waals surface area (Å²) >= 11 is 0. The quantitative estimate of drug-likeness (QED) is 0.607. The van der Waals surface area contributed by atoms with Gasteiger partial charge in [-0.25, -0.2) is 14.2 Å². The van der Waals surface area contributed by atoms with Crippen molar-refractivity contribution in [3.8, 4) is 0 Å². The first-order valence-corrected chi connectivity index (χ1v) is 6.94. The predicted molar refractivity (Wildman–Crippen MR) is 84.9 cm³/mol. The Bertz CT molecular complexity index is 1080. The summed E-state index contributed by atoms with van der Waals surface area (Å²) in [6.45, 7) is 0. The zero-order valence-electron chi connectivity index (χ0n) is 11.9. The van der Waals surface area contributed by atoms with E-state index in [2.05, 4.69) is 15.5 Å². The molecule has 0 unspecified atom stereocenters. The molecule has 0 bridgehead atoms. The Morgan fingerprint density at radius 2 is 1.91 bits per heavy atom. The maximum absolute atomic E-state index is 12.5. The molecule has 7 heteroatoms. The summed E-state index contributed by atoms with van der Waals surface area (Å²) in [6.07, 6.45) is 4.61.